The number of carbonyl (C=O) groups is 1. The molecule has 1 aliphatic heterocycles. The molecule has 0 aromatic rings. The van der Waals surface area contributed by atoms with Crippen molar-refractivity contribution in [2.45, 2.75) is 224 Å². The Balaban J connectivity index is 2.15. The summed E-state index contributed by atoms with van der Waals surface area (Å²) in [4.78, 5) is 12.7. The van der Waals surface area contributed by atoms with Gasteiger partial charge in [-0.2, -0.15) is 0 Å². The van der Waals surface area contributed by atoms with Crippen LogP contribution in [0.15, 0.2) is 36.5 Å². The Labute approximate surface area is 336 Å². The third-order valence-corrected chi connectivity index (χ3v) is 10.3. The average Bonchev–Trinajstić information content (AvgIpc) is 3.18. The largest absolute Gasteiger partial charge is 0.457 e. The fourth-order valence-corrected chi connectivity index (χ4v) is 6.73. The van der Waals surface area contributed by atoms with Gasteiger partial charge in [0.25, 0.3) is 0 Å². The maximum Gasteiger partial charge on any atom is 0.306 e. The van der Waals surface area contributed by atoms with Gasteiger partial charge in [0.05, 0.1) is 19.8 Å². The van der Waals surface area contributed by atoms with Gasteiger partial charge in [0.15, 0.2) is 6.29 Å². The van der Waals surface area contributed by atoms with Crippen LogP contribution in [0.5, 0.6) is 0 Å². The van der Waals surface area contributed by atoms with E-state index in [1.807, 2.05) is 0 Å². The van der Waals surface area contributed by atoms with Gasteiger partial charge < -0.3 is 39.4 Å². The minimum atomic E-state index is -1.53. The normalized spacial score (nSPS) is 21.0. The van der Waals surface area contributed by atoms with E-state index in [0.717, 1.165) is 44.9 Å². The lowest BCUT2D eigenvalue weighted by Gasteiger charge is -2.39. The van der Waals surface area contributed by atoms with Gasteiger partial charge in [0.2, 0.25) is 0 Å². The molecule has 0 amide bonds. The van der Waals surface area contributed by atoms with Crippen LogP contribution in [0.2, 0.25) is 0 Å². The summed E-state index contributed by atoms with van der Waals surface area (Å²) in [7, 11) is 0. The lowest BCUT2D eigenvalue weighted by molar-refractivity contribution is -0.305. The molecule has 1 saturated heterocycles. The van der Waals surface area contributed by atoms with Gasteiger partial charge in [-0.3, -0.25) is 4.79 Å². The third-order valence-electron chi connectivity index (χ3n) is 10.3. The number of hydrogen-bond donors (Lipinski definition) is 4. The lowest BCUT2D eigenvalue weighted by atomic mass is 9.99. The molecule has 0 saturated carbocycles. The molecule has 6 atom stereocenters. The summed E-state index contributed by atoms with van der Waals surface area (Å²) >= 11 is 0. The van der Waals surface area contributed by atoms with Crippen LogP contribution in [0.4, 0.5) is 0 Å². The number of aliphatic hydroxyl groups is 4. The van der Waals surface area contributed by atoms with Gasteiger partial charge in [-0.1, -0.05) is 166 Å². The number of hydrogen-bond acceptors (Lipinski definition) is 9. The first kappa shape index (κ1) is 51.4. The topological polar surface area (TPSA) is 135 Å². The first-order valence-corrected chi connectivity index (χ1v) is 22.6. The maximum atomic E-state index is 12.7. The summed E-state index contributed by atoms with van der Waals surface area (Å²) in [6.45, 7) is 4.51. The highest BCUT2D eigenvalue weighted by atomic mass is 16.7. The molecule has 0 aromatic heterocycles. The van der Waals surface area contributed by atoms with Crippen molar-refractivity contribution in [2.75, 3.05) is 26.4 Å². The molecular weight excluding hydrogens is 696 g/mol. The van der Waals surface area contributed by atoms with Crippen molar-refractivity contribution in [2.24, 2.45) is 0 Å². The van der Waals surface area contributed by atoms with E-state index < -0.39 is 43.4 Å². The maximum absolute atomic E-state index is 12.7. The summed E-state index contributed by atoms with van der Waals surface area (Å²) in [5.41, 5.74) is 0. The van der Waals surface area contributed by atoms with Gasteiger partial charge >= 0.3 is 5.97 Å². The van der Waals surface area contributed by atoms with Crippen LogP contribution in [0.3, 0.4) is 0 Å². The van der Waals surface area contributed by atoms with Gasteiger partial charge in [0, 0.05) is 13.0 Å². The predicted octanol–water partition coefficient (Wildman–Crippen LogP) is 9.97. The van der Waals surface area contributed by atoms with E-state index in [1.165, 1.54) is 122 Å². The Morgan fingerprint density at radius 3 is 1.58 bits per heavy atom. The molecule has 55 heavy (non-hydrogen) atoms. The molecule has 9 nitrogen and oxygen atoms in total. The zero-order chi connectivity index (χ0) is 40.0. The van der Waals surface area contributed by atoms with Crippen LogP contribution in [-0.2, 0) is 23.7 Å². The molecule has 4 N–H and O–H groups in total. The summed E-state index contributed by atoms with van der Waals surface area (Å²) in [5, 5.41) is 40.0. The van der Waals surface area contributed by atoms with E-state index in [-0.39, 0.29) is 19.2 Å². The minimum Gasteiger partial charge on any atom is -0.457 e. The number of allylic oxidation sites excluding steroid dienone is 6. The van der Waals surface area contributed by atoms with E-state index in [1.54, 1.807) is 0 Å². The zero-order valence-electron chi connectivity index (χ0n) is 35.2. The van der Waals surface area contributed by atoms with E-state index in [9.17, 15) is 25.2 Å². The molecule has 0 aromatic carbocycles. The second-order valence-electron chi connectivity index (χ2n) is 15.5. The molecule has 6 unspecified atom stereocenters. The van der Waals surface area contributed by atoms with Crippen LogP contribution in [-0.4, -0.2) is 89.6 Å². The van der Waals surface area contributed by atoms with E-state index in [2.05, 4.69) is 50.3 Å². The summed E-state index contributed by atoms with van der Waals surface area (Å²) in [6, 6.07) is 0. The molecular formula is C46H84O9. The summed E-state index contributed by atoms with van der Waals surface area (Å²) in [5.74, 6) is -0.320. The van der Waals surface area contributed by atoms with Crippen molar-refractivity contribution in [1.82, 2.24) is 0 Å². The van der Waals surface area contributed by atoms with Gasteiger partial charge in [-0.05, 0) is 51.4 Å². The molecule has 1 aliphatic rings. The molecule has 322 valence electrons. The second-order valence-corrected chi connectivity index (χ2v) is 15.5. The molecule has 9 heteroatoms. The van der Waals surface area contributed by atoms with Crippen molar-refractivity contribution in [3.05, 3.63) is 36.5 Å². The molecule has 0 bridgehead atoms. The predicted molar refractivity (Wildman–Crippen MR) is 224 cm³/mol. The van der Waals surface area contributed by atoms with Crippen molar-refractivity contribution >= 4 is 5.97 Å². The average molecular weight is 781 g/mol. The minimum absolute atomic E-state index is 0.114. The van der Waals surface area contributed by atoms with Crippen LogP contribution < -0.4 is 0 Å². The fourth-order valence-electron chi connectivity index (χ4n) is 6.73. The Morgan fingerprint density at radius 2 is 1.05 bits per heavy atom. The Morgan fingerprint density at radius 1 is 0.582 bits per heavy atom. The number of esters is 1. The van der Waals surface area contributed by atoms with Gasteiger partial charge in [-0.15, -0.1) is 0 Å². The lowest BCUT2D eigenvalue weighted by Crippen LogP contribution is -2.59. The highest BCUT2D eigenvalue weighted by molar-refractivity contribution is 5.69. The van der Waals surface area contributed by atoms with E-state index in [4.69, 9.17) is 18.9 Å². The first-order chi connectivity index (χ1) is 26.9. The smallest absolute Gasteiger partial charge is 0.306 e. The number of unbranched alkanes of at least 4 members (excludes halogenated alkanes) is 21. The van der Waals surface area contributed by atoms with Crippen molar-refractivity contribution in [3.63, 3.8) is 0 Å². The SMILES string of the molecule is CCCCCCC/C=C\C/C=C\C/C=C\CCCCCCCCCCCCC(=O)OC(COCCCCCCCCC)COC1OC(CO)C(O)C(O)C1O. The molecule has 1 heterocycles. The van der Waals surface area contributed by atoms with Crippen LogP contribution >= 0.6 is 0 Å². The van der Waals surface area contributed by atoms with Crippen LogP contribution in [0.1, 0.15) is 187 Å². The third kappa shape index (κ3) is 29.3. The van der Waals surface area contributed by atoms with Crippen molar-refractivity contribution in [1.29, 1.82) is 0 Å². The zero-order valence-corrected chi connectivity index (χ0v) is 35.2. The van der Waals surface area contributed by atoms with E-state index in [0.29, 0.717) is 13.0 Å². The molecule has 0 radical (unpaired) electrons. The van der Waals surface area contributed by atoms with Gasteiger partial charge in [-0.25, -0.2) is 0 Å². The quantitative estimate of drug-likeness (QED) is 0.0274. The van der Waals surface area contributed by atoms with Gasteiger partial charge in [0.1, 0.15) is 30.5 Å². The number of aliphatic hydroxyl groups excluding tert-OH is 4. The highest BCUT2D eigenvalue weighted by Gasteiger charge is 2.44. The number of carbonyl (C=O) groups excluding carboxylic acids is 1. The monoisotopic (exact) mass is 781 g/mol. The molecule has 0 aliphatic carbocycles. The summed E-state index contributed by atoms with van der Waals surface area (Å²) < 4.78 is 22.7. The Bertz CT molecular complexity index is 936. The van der Waals surface area contributed by atoms with Crippen LogP contribution in [0, 0.1) is 0 Å². The first-order valence-electron chi connectivity index (χ1n) is 22.6. The fraction of sp³-hybridized carbons (Fsp3) is 0.848. The number of rotatable bonds is 38. The van der Waals surface area contributed by atoms with Crippen LogP contribution in [0.25, 0.3) is 0 Å². The Kier molecular flexibility index (Phi) is 35.5. The molecule has 1 rings (SSSR count). The van der Waals surface area contributed by atoms with E-state index >= 15 is 0 Å². The molecule has 0 spiro atoms. The summed E-state index contributed by atoms with van der Waals surface area (Å²) in [6.07, 6.45) is 37.6. The molecule has 1 fully saturated rings. The van der Waals surface area contributed by atoms with Crippen molar-refractivity contribution in [3.8, 4) is 0 Å². The standard InChI is InChI=1S/C46H84O9/c1-3-5-7-9-11-12-13-14-15-16-17-18-19-20-21-22-23-24-25-26-27-28-29-31-33-35-42(48)54-40(38-52-36-34-32-30-10-8-6-4-2)39-53-46-45(51)44(50)43(49)41(37-47)55-46/h13-14,16-17,19-20,40-41,43-47,49-51H,3-12,15,18,21-39H2,1-2H3/b14-13-,17-16-,20-19-. The highest BCUT2D eigenvalue weighted by Crippen LogP contribution is 2.22. The number of ether oxygens (including phenoxy) is 4. The second kappa shape index (κ2) is 38.0. The van der Waals surface area contributed by atoms with Crippen molar-refractivity contribution < 1.29 is 44.2 Å². The Hall–Kier alpha value is -1.59.